The normalized spacial score (nSPS) is 11.2. The monoisotopic (exact) mass is 455 g/mol. The number of thiazole rings is 2. The van der Waals surface area contributed by atoms with Crippen LogP contribution in [0, 0.1) is 0 Å². The highest BCUT2D eigenvalue weighted by molar-refractivity contribution is 7.14. The maximum atomic E-state index is 12.8. The van der Waals surface area contributed by atoms with Crippen LogP contribution in [-0.4, -0.2) is 28.8 Å². The van der Waals surface area contributed by atoms with Gasteiger partial charge in [0, 0.05) is 23.5 Å². The summed E-state index contributed by atoms with van der Waals surface area (Å²) in [6.45, 7) is 0. The van der Waals surface area contributed by atoms with Crippen molar-refractivity contribution < 1.29 is 22.8 Å². The summed E-state index contributed by atoms with van der Waals surface area (Å²) in [7, 11) is 1.53. The summed E-state index contributed by atoms with van der Waals surface area (Å²) in [5.74, 6) is -0.520. The van der Waals surface area contributed by atoms with E-state index in [1.165, 1.54) is 41.9 Å². The molecule has 0 spiro atoms. The van der Waals surface area contributed by atoms with Gasteiger partial charge in [-0.05, 0) is 18.2 Å². The van der Waals surface area contributed by atoms with E-state index in [4.69, 9.17) is 0 Å². The van der Waals surface area contributed by atoms with Crippen LogP contribution in [0.4, 0.5) is 29.1 Å². The lowest BCUT2D eigenvalue weighted by Crippen LogP contribution is -2.20. The van der Waals surface area contributed by atoms with Gasteiger partial charge < -0.3 is 16.0 Å². The van der Waals surface area contributed by atoms with Gasteiger partial charge in [-0.25, -0.2) is 9.97 Å². The quantitative estimate of drug-likeness (QED) is 0.503. The largest absolute Gasteiger partial charge is 0.416 e. The maximum absolute atomic E-state index is 12.8. The van der Waals surface area contributed by atoms with Gasteiger partial charge in [0.1, 0.15) is 0 Å². The number of carbonyl (C=O) groups is 2. The van der Waals surface area contributed by atoms with Crippen LogP contribution in [-0.2, 0) is 28.6 Å². The van der Waals surface area contributed by atoms with Gasteiger partial charge in [0.15, 0.2) is 10.3 Å². The Balaban J connectivity index is 1.56. The molecular formula is C18H16F3N5O2S2. The molecule has 30 heavy (non-hydrogen) atoms. The van der Waals surface area contributed by atoms with Crippen LogP contribution >= 0.6 is 22.7 Å². The highest BCUT2D eigenvalue weighted by Gasteiger charge is 2.30. The molecule has 0 aliphatic heterocycles. The molecule has 2 heterocycles. The zero-order valence-corrected chi connectivity index (χ0v) is 17.2. The van der Waals surface area contributed by atoms with E-state index in [0.717, 1.165) is 12.1 Å². The van der Waals surface area contributed by atoms with Crippen LogP contribution in [0.5, 0.6) is 0 Å². The Kier molecular flexibility index (Phi) is 6.67. The minimum Gasteiger partial charge on any atom is -0.359 e. The van der Waals surface area contributed by atoms with Crippen molar-refractivity contribution in [1.29, 1.82) is 0 Å². The van der Waals surface area contributed by atoms with E-state index in [1.54, 1.807) is 10.8 Å². The standard InChI is InChI=1S/C18H16F3N5O2S2/c1-22-14(27)6-12-8-30-17(25-12)26-15(28)7-13-9-29-16(24-13)23-11-4-2-3-10(5-11)18(19,20)21/h2-5,8-9H,6-7H2,1H3,(H,22,27)(H,23,24)(H,25,26,28). The molecular weight excluding hydrogens is 439 g/mol. The van der Waals surface area contributed by atoms with E-state index in [-0.39, 0.29) is 30.3 Å². The van der Waals surface area contributed by atoms with Crippen molar-refractivity contribution in [2.75, 3.05) is 17.7 Å². The summed E-state index contributed by atoms with van der Waals surface area (Å²) in [6, 6.07) is 4.79. The number of hydrogen-bond donors (Lipinski definition) is 3. The lowest BCUT2D eigenvalue weighted by molar-refractivity contribution is -0.137. The van der Waals surface area contributed by atoms with Crippen molar-refractivity contribution >= 4 is 50.4 Å². The minimum absolute atomic E-state index is 0.0227. The molecule has 2 amide bonds. The molecule has 3 rings (SSSR count). The number of rotatable bonds is 7. The highest BCUT2D eigenvalue weighted by atomic mass is 32.1. The Bertz CT molecular complexity index is 1050. The Morgan fingerprint density at radius 1 is 1.00 bits per heavy atom. The van der Waals surface area contributed by atoms with Crippen LogP contribution in [0.25, 0.3) is 0 Å². The third-order valence-electron chi connectivity index (χ3n) is 3.75. The van der Waals surface area contributed by atoms with Crippen molar-refractivity contribution in [3.8, 4) is 0 Å². The first-order valence-corrected chi connectivity index (χ1v) is 10.3. The fourth-order valence-corrected chi connectivity index (χ4v) is 3.83. The van der Waals surface area contributed by atoms with Crippen molar-refractivity contribution in [3.63, 3.8) is 0 Å². The number of halogens is 3. The second kappa shape index (κ2) is 9.22. The first kappa shape index (κ1) is 21.7. The minimum atomic E-state index is -4.43. The average molecular weight is 455 g/mol. The van der Waals surface area contributed by atoms with Crippen molar-refractivity contribution in [3.05, 3.63) is 52.0 Å². The summed E-state index contributed by atoms with van der Waals surface area (Å²) in [6.07, 6.45) is -4.33. The molecule has 0 atom stereocenters. The fourth-order valence-electron chi connectivity index (χ4n) is 2.37. The van der Waals surface area contributed by atoms with Gasteiger partial charge in [0.25, 0.3) is 0 Å². The molecule has 0 radical (unpaired) electrons. The molecule has 0 fully saturated rings. The topological polar surface area (TPSA) is 96.0 Å². The van der Waals surface area contributed by atoms with Crippen molar-refractivity contribution in [1.82, 2.24) is 15.3 Å². The third kappa shape index (κ3) is 6.00. The van der Waals surface area contributed by atoms with E-state index in [9.17, 15) is 22.8 Å². The number of nitrogens with one attached hydrogen (secondary N) is 3. The Hall–Kier alpha value is -2.99. The number of carbonyl (C=O) groups excluding carboxylic acids is 2. The molecule has 3 aromatic rings. The second-order valence-corrected chi connectivity index (χ2v) is 7.78. The number of likely N-dealkylation sites (N-methyl/N-ethyl adjacent to an activating group) is 1. The van der Waals surface area contributed by atoms with E-state index in [1.807, 2.05) is 0 Å². The van der Waals surface area contributed by atoms with Crippen LogP contribution in [0.1, 0.15) is 17.0 Å². The van der Waals surface area contributed by atoms with Gasteiger partial charge in [0.2, 0.25) is 11.8 Å². The summed E-state index contributed by atoms with van der Waals surface area (Å²) in [5, 5.41) is 12.0. The predicted octanol–water partition coefficient (Wildman–Crippen LogP) is 3.83. The molecule has 158 valence electrons. The smallest absolute Gasteiger partial charge is 0.359 e. The maximum Gasteiger partial charge on any atom is 0.416 e. The molecule has 0 saturated carbocycles. The summed E-state index contributed by atoms with van der Waals surface area (Å²) in [4.78, 5) is 31.9. The molecule has 7 nitrogen and oxygen atoms in total. The van der Waals surface area contributed by atoms with Crippen LogP contribution in [0.15, 0.2) is 35.0 Å². The van der Waals surface area contributed by atoms with Crippen LogP contribution < -0.4 is 16.0 Å². The van der Waals surface area contributed by atoms with Crippen molar-refractivity contribution in [2.45, 2.75) is 19.0 Å². The van der Waals surface area contributed by atoms with Gasteiger partial charge in [0.05, 0.1) is 29.8 Å². The molecule has 0 aliphatic carbocycles. The van der Waals surface area contributed by atoms with Crippen LogP contribution in [0.2, 0.25) is 0 Å². The molecule has 0 aliphatic rings. The lowest BCUT2D eigenvalue weighted by Gasteiger charge is -2.08. The molecule has 0 saturated heterocycles. The Morgan fingerprint density at radius 3 is 2.30 bits per heavy atom. The number of benzene rings is 1. The fraction of sp³-hybridized carbons (Fsp3) is 0.222. The average Bonchev–Trinajstić information content (AvgIpc) is 3.30. The number of nitrogens with zero attached hydrogens (tertiary/aromatic N) is 2. The van der Waals surface area contributed by atoms with Gasteiger partial charge in [-0.2, -0.15) is 13.2 Å². The number of anilines is 3. The molecule has 0 unspecified atom stereocenters. The van der Waals surface area contributed by atoms with E-state index >= 15 is 0 Å². The lowest BCUT2D eigenvalue weighted by atomic mass is 10.2. The van der Waals surface area contributed by atoms with Gasteiger partial charge >= 0.3 is 6.18 Å². The molecule has 3 N–H and O–H groups in total. The van der Waals surface area contributed by atoms with E-state index in [0.29, 0.717) is 21.7 Å². The summed E-state index contributed by atoms with van der Waals surface area (Å²) in [5.41, 5.74) is 0.509. The number of aromatic nitrogens is 2. The SMILES string of the molecule is CNC(=O)Cc1csc(NC(=O)Cc2csc(Nc3cccc(C(F)(F)F)c3)n2)n1. The van der Waals surface area contributed by atoms with Gasteiger partial charge in [-0.15, -0.1) is 22.7 Å². The molecule has 0 bridgehead atoms. The highest BCUT2D eigenvalue weighted by Crippen LogP contribution is 2.31. The molecule has 12 heteroatoms. The zero-order chi connectivity index (χ0) is 21.7. The first-order chi connectivity index (χ1) is 14.2. The summed E-state index contributed by atoms with van der Waals surface area (Å²) >= 11 is 2.38. The van der Waals surface area contributed by atoms with Crippen molar-refractivity contribution in [2.24, 2.45) is 0 Å². The summed E-state index contributed by atoms with van der Waals surface area (Å²) < 4.78 is 38.4. The Labute approximate surface area is 177 Å². The zero-order valence-electron chi connectivity index (χ0n) is 15.5. The predicted molar refractivity (Wildman–Crippen MR) is 109 cm³/mol. The molecule has 2 aromatic heterocycles. The number of hydrogen-bond acceptors (Lipinski definition) is 7. The van der Waals surface area contributed by atoms with Gasteiger partial charge in [-0.1, -0.05) is 6.07 Å². The molecule has 1 aromatic carbocycles. The van der Waals surface area contributed by atoms with Gasteiger partial charge in [-0.3, -0.25) is 9.59 Å². The van der Waals surface area contributed by atoms with E-state index in [2.05, 4.69) is 25.9 Å². The first-order valence-electron chi connectivity index (χ1n) is 8.56. The van der Waals surface area contributed by atoms with Crippen LogP contribution in [0.3, 0.4) is 0 Å². The second-order valence-electron chi connectivity index (χ2n) is 6.07. The third-order valence-corrected chi connectivity index (χ3v) is 5.37. The Morgan fingerprint density at radius 2 is 1.63 bits per heavy atom. The number of alkyl halides is 3. The number of amides is 2. The van der Waals surface area contributed by atoms with E-state index < -0.39 is 11.7 Å².